The van der Waals surface area contributed by atoms with Crippen molar-refractivity contribution < 1.29 is 27.5 Å². The standard InChI is InChI=1S/C14H10F3N3O3/c1-7-4-19-10(5-18-7)14(22)23-6-11(21)20-9-3-2-8(15)12(16)13(9)17/h2-5H,6H2,1H3,(H,20,21). The minimum absolute atomic E-state index is 0.109. The van der Waals surface area contributed by atoms with Crippen LogP contribution in [0, 0.1) is 24.4 Å². The van der Waals surface area contributed by atoms with Gasteiger partial charge in [-0.3, -0.25) is 9.78 Å². The molecule has 120 valence electrons. The van der Waals surface area contributed by atoms with Crippen LogP contribution in [-0.4, -0.2) is 28.5 Å². The van der Waals surface area contributed by atoms with E-state index in [0.717, 1.165) is 6.07 Å². The Hall–Kier alpha value is -2.97. The molecular formula is C14H10F3N3O3. The summed E-state index contributed by atoms with van der Waals surface area (Å²) in [6.45, 7) is 0.915. The third-order valence-electron chi connectivity index (χ3n) is 2.63. The van der Waals surface area contributed by atoms with E-state index < -0.39 is 41.6 Å². The number of amides is 1. The van der Waals surface area contributed by atoms with Crippen molar-refractivity contribution in [3.05, 3.63) is 53.4 Å². The lowest BCUT2D eigenvalue weighted by molar-refractivity contribution is -0.119. The van der Waals surface area contributed by atoms with Gasteiger partial charge < -0.3 is 10.1 Å². The number of carbonyl (C=O) groups excluding carboxylic acids is 2. The van der Waals surface area contributed by atoms with Crippen molar-refractivity contribution in [3.63, 3.8) is 0 Å². The van der Waals surface area contributed by atoms with E-state index in [4.69, 9.17) is 0 Å². The van der Waals surface area contributed by atoms with E-state index in [1.807, 2.05) is 5.32 Å². The van der Waals surface area contributed by atoms with Gasteiger partial charge in [-0.15, -0.1) is 0 Å². The van der Waals surface area contributed by atoms with Crippen molar-refractivity contribution in [2.75, 3.05) is 11.9 Å². The van der Waals surface area contributed by atoms with Crippen molar-refractivity contribution in [2.24, 2.45) is 0 Å². The zero-order valence-corrected chi connectivity index (χ0v) is 11.8. The fraction of sp³-hybridized carbons (Fsp3) is 0.143. The SMILES string of the molecule is Cc1cnc(C(=O)OCC(=O)Nc2ccc(F)c(F)c2F)cn1. The molecule has 2 rings (SSSR count). The minimum Gasteiger partial charge on any atom is -0.451 e. The van der Waals surface area contributed by atoms with Crippen molar-refractivity contribution in [3.8, 4) is 0 Å². The van der Waals surface area contributed by atoms with E-state index in [1.54, 1.807) is 6.92 Å². The molecule has 9 heteroatoms. The Balaban J connectivity index is 1.94. The van der Waals surface area contributed by atoms with E-state index in [2.05, 4.69) is 14.7 Å². The highest BCUT2D eigenvalue weighted by Crippen LogP contribution is 2.19. The van der Waals surface area contributed by atoms with Crippen LogP contribution in [-0.2, 0) is 9.53 Å². The highest BCUT2D eigenvalue weighted by molar-refractivity contribution is 5.94. The third-order valence-corrected chi connectivity index (χ3v) is 2.63. The summed E-state index contributed by atoms with van der Waals surface area (Å²) in [5.74, 6) is -6.48. The molecule has 0 radical (unpaired) electrons. The van der Waals surface area contributed by atoms with Crippen LogP contribution in [0.1, 0.15) is 16.2 Å². The van der Waals surface area contributed by atoms with Gasteiger partial charge in [0.25, 0.3) is 5.91 Å². The molecule has 0 aliphatic carbocycles. The lowest BCUT2D eigenvalue weighted by Gasteiger charge is -2.08. The average Bonchev–Trinajstić information content (AvgIpc) is 2.54. The number of rotatable bonds is 4. The Morgan fingerprint density at radius 1 is 1.13 bits per heavy atom. The molecular weight excluding hydrogens is 315 g/mol. The fourth-order valence-corrected chi connectivity index (χ4v) is 1.51. The van der Waals surface area contributed by atoms with Gasteiger partial charge in [-0.05, 0) is 19.1 Å². The first kappa shape index (κ1) is 16.4. The molecule has 0 bridgehead atoms. The summed E-state index contributed by atoms with van der Waals surface area (Å²) in [5.41, 5.74) is -0.0874. The van der Waals surface area contributed by atoms with Gasteiger partial charge in [-0.2, -0.15) is 0 Å². The number of esters is 1. The van der Waals surface area contributed by atoms with Crippen LogP contribution < -0.4 is 5.32 Å². The molecule has 0 saturated carbocycles. The Kier molecular flexibility index (Phi) is 4.89. The van der Waals surface area contributed by atoms with Crippen LogP contribution in [0.4, 0.5) is 18.9 Å². The molecule has 1 amide bonds. The maximum absolute atomic E-state index is 13.4. The Morgan fingerprint density at radius 3 is 2.52 bits per heavy atom. The number of ether oxygens (including phenoxy) is 1. The number of carbonyl (C=O) groups is 2. The van der Waals surface area contributed by atoms with Crippen LogP contribution in [0.15, 0.2) is 24.5 Å². The molecule has 0 spiro atoms. The highest BCUT2D eigenvalue weighted by atomic mass is 19.2. The minimum atomic E-state index is -1.71. The predicted octanol–water partition coefficient (Wildman–Crippen LogP) is 2.00. The van der Waals surface area contributed by atoms with E-state index in [0.29, 0.717) is 11.8 Å². The number of halogens is 3. The van der Waals surface area contributed by atoms with Crippen molar-refractivity contribution in [1.82, 2.24) is 9.97 Å². The highest BCUT2D eigenvalue weighted by Gasteiger charge is 2.17. The van der Waals surface area contributed by atoms with Crippen LogP contribution in [0.3, 0.4) is 0 Å². The molecule has 2 aromatic rings. The van der Waals surface area contributed by atoms with E-state index in [-0.39, 0.29) is 5.69 Å². The molecule has 23 heavy (non-hydrogen) atoms. The van der Waals surface area contributed by atoms with Crippen LogP contribution >= 0.6 is 0 Å². The predicted molar refractivity (Wildman–Crippen MR) is 72.0 cm³/mol. The lowest BCUT2D eigenvalue weighted by atomic mass is 10.3. The van der Waals surface area contributed by atoms with Gasteiger partial charge >= 0.3 is 5.97 Å². The number of hydrogen-bond acceptors (Lipinski definition) is 5. The molecule has 0 saturated heterocycles. The Bertz CT molecular complexity index is 751. The van der Waals surface area contributed by atoms with E-state index in [1.165, 1.54) is 12.4 Å². The summed E-state index contributed by atoms with van der Waals surface area (Å²) in [6, 6.07) is 1.50. The fourth-order valence-electron chi connectivity index (χ4n) is 1.51. The molecule has 0 fully saturated rings. The Morgan fingerprint density at radius 2 is 1.87 bits per heavy atom. The number of aromatic nitrogens is 2. The summed E-state index contributed by atoms with van der Waals surface area (Å²) >= 11 is 0. The molecule has 1 aromatic carbocycles. The molecule has 1 N–H and O–H groups in total. The summed E-state index contributed by atoms with van der Waals surface area (Å²) in [4.78, 5) is 30.7. The van der Waals surface area contributed by atoms with Crippen molar-refractivity contribution in [2.45, 2.75) is 6.92 Å². The van der Waals surface area contributed by atoms with E-state index in [9.17, 15) is 22.8 Å². The normalized spacial score (nSPS) is 10.3. The molecule has 1 heterocycles. The molecule has 0 aliphatic rings. The maximum Gasteiger partial charge on any atom is 0.359 e. The summed E-state index contributed by atoms with van der Waals surface area (Å²) in [7, 11) is 0. The quantitative estimate of drug-likeness (QED) is 0.687. The number of nitrogens with one attached hydrogen (secondary N) is 1. The van der Waals surface area contributed by atoms with Crippen molar-refractivity contribution >= 4 is 17.6 Å². The molecule has 0 unspecified atom stereocenters. The largest absolute Gasteiger partial charge is 0.451 e. The average molecular weight is 325 g/mol. The van der Waals surface area contributed by atoms with Crippen LogP contribution in [0.25, 0.3) is 0 Å². The molecule has 0 atom stereocenters. The monoisotopic (exact) mass is 325 g/mol. The van der Waals surface area contributed by atoms with Gasteiger partial charge in [0, 0.05) is 6.20 Å². The number of benzene rings is 1. The maximum atomic E-state index is 13.4. The van der Waals surface area contributed by atoms with Gasteiger partial charge in [0.05, 0.1) is 17.6 Å². The van der Waals surface area contributed by atoms with Crippen molar-refractivity contribution in [1.29, 1.82) is 0 Å². The number of anilines is 1. The van der Waals surface area contributed by atoms with Gasteiger partial charge in [0.1, 0.15) is 0 Å². The topological polar surface area (TPSA) is 81.2 Å². The Labute approximate surface area is 128 Å². The lowest BCUT2D eigenvalue weighted by Crippen LogP contribution is -2.22. The zero-order valence-electron chi connectivity index (χ0n) is 11.8. The molecule has 1 aromatic heterocycles. The summed E-state index contributed by atoms with van der Waals surface area (Å²) < 4.78 is 43.8. The second-order valence-corrected chi connectivity index (χ2v) is 4.39. The summed E-state index contributed by atoms with van der Waals surface area (Å²) in [5, 5.41) is 1.96. The van der Waals surface area contributed by atoms with Gasteiger partial charge in [-0.25, -0.2) is 22.9 Å². The first-order chi connectivity index (χ1) is 10.9. The molecule has 6 nitrogen and oxygen atoms in total. The second kappa shape index (κ2) is 6.86. The van der Waals surface area contributed by atoms with Gasteiger partial charge in [-0.1, -0.05) is 0 Å². The summed E-state index contributed by atoms with van der Waals surface area (Å²) in [6.07, 6.45) is 2.51. The number of aryl methyl sites for hydroxylation is 1. The van der Waals surface area contributed by atoms with Crippen LogP contribution in [0.5, 0.6) is 0 Å². The first-order valence-corrected chi connectivity index (χ1v) is 6.27. The number of hydrogen-bond donors (Lipinski definition) is 1. The number of nitrogens with zero attached hydrogens (tertiary/aromatic N) is 2. The van der Waals surface area contributed by atoms with E-state index >= 15 is 0 Å². The smallest absolute Gasteiger partial charge is 0.359 e. The van der Waals surface area contributed by atoms with Gasteiger partial charge in [0.2, 0.25) is 0 Å². The third kappa shape index (κ3) is 4.02. The van der Waals surface area contributed by atoms with Gasteiger partial charge in [0.15, 0.2) is 29.8 Å². The molecule has 0 aliphatic heterocycles. The second-order valence-electron chi connectivity index (χ2n) is 4.39. The zero-order chi connectivity index (χ0) is 17.0. The van der Waals surface area contributed by atoms with Crippen LogP contribution in [0.2, 0.25) is 0 Å². The first-order valence-electron chi connectivity index (χ1n) is 6.27.